The van der Waals surface area contributed by atoms with Gasteiger partial charge in [0.1, 0.15) is 5.75 Å². The van der Waals surface area contributed by atoms with E-state index in [4.69, 9.17) is 9.73 Å². The lowest BCUT2D eigenvalue weighted by molar-refractivity contribution is 0.414. The normalized spacial score (nSPS) is 12.7. The van der Waals surface area contributed by atoms with E-state index >= 15 is 0 Å². The fourth-order valence-electron chi connectivity index (χ4n) is 2.72. The first-order chi connectivity index (χ1) is 12.5. The van der Waals surface area contributed by atoms with E-state index in [2.05, 4.69) is 41.6 Å². The molecule has 0 radical (unpaired) electrons. The van der Waals surface area contributed by atoms with Crippen molar-refractivity contribution in [3.8, 4) is 5.75 Å². The van der Waals surface area contributed by atoms with Gasteiger partial charge in [-0.05, 0) is 50.8 Å². The Balaban J connectivity index is 1.86. The highest BCUT2D eigenvalue weighted by molar-refractivity contribution is 7.11. The van der Waals surface area contributed by atoms with Crippen molar-refractivity contribution in [3.63, 3.8) is 0 Å². The average molecular weight is 375 g/mol. The van der Waals surface area contributed by atoms with E-state index in [1.54, 1.807) is 18.4 Å². The highest BCUT2D eigenvalue weighted by Crippen LogP contribution is 2.21. The Kier molecular flexibility index (Phi) is 7.91. The molecule has 2 N–H and O–H groups in total. The van der Waals surface area contributed by atoms with Crippen LogP contribution in [0.5, 0.6) is 5.75 Å². The van der Waals surface area contributed by atoms with Crippen LogP contribution in [0.3, 0.4) is 0 Å². The Bertz CT molecular complexity index is 709. The van der Waals surface area contributed by atoms with Gasteiger partial charge < -0.3 is 15.4 Å². The molecule has 1 heterocycles. The van der Waals surface area contributed by atoms with Gasteiger partial charge >= 0.3 is 0 Å². The number of aromatic nitrogens is 1. The van der Waals surface area contributed by atoms with E-state index in [-0.39, 0.29) is 0 Å². The van der Waals surface area contributed by atoms with Crippen molar-refractivity contribution in [1.29, 1.82) is 0 Å². The van der Waals surface area contributed by atoms with Gasteiger partial charge in [0, 0.05) is 18.0 Å². The summed E-state index contributed by atoms with van der Waals surface area (Å²) in [6.45, 7) is 10.8. The van der Waals surface area contributed by atoms with Gasteiger partial charge in [0.2, 0.25) is 0 Å². The first-order valence-corrected chi connectivity index (χ1v) is 9.94. The van der Waals surface area contributed by atoms with Crippen molar-refractivity contribution in [3.05, 3.63) is 45.4 Å². The monoisotopic (exact) mass is 374 g/mol. The maximum atomic E-state index is 5.22. The highest BCUT2D eigenvalue weighted by atomic mass is 32.1. The number of hydrogen-bond acceptors (Lipinski definition) is 4. The van der Waals surface area contributed by atoms with Crippen molar-refractivity contribution in [1.82, 2.24) is 15.6 Å². The number of nitrogens with zero attached hydrogens (tertiary/aromatic N) is 2. The maximum Gasteiger partial charge on any atom is 0.191 e. The van der Waals surface area contributed by atoms with Crippen LogP contribution >= 0.6 is 11.3 Å². The number of aliphatic imine (C=N–C) groups is 1. The highest BCUT2D eigenvalue weighted by Gasteiger charge is 2.07. The predicted octanol–water partition coefficient (Wildman–Crippen LogP) is 4.02. The topological polar surface area (TPSA) is 58.5 Å². The Hall–Kier alpha value is -2.08. The minimum Gasteiger partial charge on any atom is -0.497 e. The molecular weight excluding hydrogens is 344 g/mol. The number of rotatable bonds is 8. The third-order valence-corrected chi connectivity index (χ3v) is 5.34. The van der Waals surface area contributed by atoms with Crippen molar-refractivity contribution >= 4 is 17.3 Å². The fraction of sp³-hybridized carbons (Fsp3) is 0.500. The Morgan fingerprint density at radius 3 is 2.54 bits per heavy atom. The number of guanidine groups is 1. The maximum absolute atomic E-state index is 5.22. The number of methoxy groups -OCH3 is 1. The molecule has 6 heteroatoms. The molecule has 26 heavy (non-hydrogen) atoms. The number of benzene rings is 1. The van der Waals surface area contributed by atoms with Gasteiger partial charge in [0.25, 0.3) is 0 Å². The average Bonchev–Trinajstić information content (AvgIpc) is 2.96. The van der Waals surface area contributed by atoms with Gasteiger partial charge in [-0.25, -0.2) is 9.98 Å². The molecule has 1 unspecified atom stereocenters. The molecule has 142 valence electrons. The molecule has 5 nitrogen and oxygen atoms in total. The van der Waals surface area contributed by atoms with Crippen LogP contribution in [-0.2, 0) is 6.54 Å². The second-order valence-corrected chi connectivity index (χ2v) is 7.61. The summed E-state index contributed by atoms with van der Waals surface area (Å²) in [5, 5.41) is 7.85. The SMILES string of the molecule is CCNC(=NCc1sc(C)nc1C)NCCC(C)c1ccc(OC)cc1. The smallest absolute Gasteiger partial charge is 0.191 e. The largest absolute Gasteiger partial charge is 0.497 e. The van der Waals surface area contributed by atoms with Crippen LogP contribution in [0.1, 0.15) is 47.3 Å². The van der Waals surface area contributed by atoms with Crippen LogP contribution in [0, 0.1) is 13.8 Å². The van der Waals surface area contributed by atoms with Crippen LogP contribution in [0.4, 0.5) is 0 Å². The van der Waals surface area contributed by atoms with Gasteiger partial charge in [-0.3, -0.25) is 0 Å². The molecule has 2 rings (SSSR count). The van der Waals surface area contributed by atoms with E-state index in [0.717, 1.165) is 41.9 Å². The first-order valence-electron chi connectivity index (χ1n) is 9.12. The molecular formula is C20H30N4OS. The summed E-state index contributed by atoms with van der Waals surface area (Å²) in [6.07, 6.45) is 1.04. The van der Waals surface area contributed by atoms with Gasteiger partial charge in [-0.1, -0.05) is 19.1 Å². The van der Waals surface area contributed by atoms with Crippen LogP contribution in [0.25, 0.3) is 0 Å². The first kappa shape index (κ1) is 20.2. The molecule has 0 aliphatic carbocycles. The molecule has 0 aliphatic heterocycles. The summed E-state index contributed by atoms with van der Waals surface area (Å²) in [4.78, 5) is 10.4. The van der Waals surface area contributed by atoms with E-state index in [1.165, 1.54) is 10.4 Å². The Morgan fingerprint density at radius 2 is 1.96 bits per heavy atom. The van der Waals surface area contributed by atoms with E-state index in [9.17, 15) is 0 Å². The van der Waals surface area contributed by atoms with Crippen LogP contribution in [0.15, 0.2) is 29.3 Å². The quantitative estimate of drug-likeness (QED) is 0.541. The molecule has 0 bridgehead atoms. The molecule has 0 fully saturated rings. The van der Waals surface area contributed by atoms with E-state index < -0.39 is 0 Å². The Labute approximate surface area is 160 Å². The predicted molar refractivity (Wildman–Crippen MR) is 110 cm³/mol. The number of thiazole rings is 1. The third-order valence-electron chi connectivity index (χ3n) is 4.28. The van der Waals surface area contributed by atoms with Crippen molar-refractivity contribution < 1.29 is 4.74 Å². The van der Waals surface area contributed by atoms with Gasteiger partial charge in [-0.2, -0.15) is 0 Å². The van der Waals surface area contributed by atoms with Gasteiger partial charge in [0.15, 0.2) is 5.96 Å². The lowest BCUT2D eigenvalue weighted by atomic mass is 9.98. The third kappa shape index (κ3) is 6.02. The summed E-state index contributed by atoms with van der Waals surface area (Å²) in [5.74, 6) is 2.23. The zero-order valence-corrected chi connectivity index (χ0v) is 17.2. The minimum atomic E-state index is 0.475. The van der Waals surface area contributed by atoms with Crippen molar-refractivity contribution in [2.75, 3.05) is 20.2 Å². The number of nitrogens with one attached hydrogen (secondary N) is 2. The summed E-state index contributed by atoms with van der Waals surface area (Å²) in [7, 11) is 1.69. The van der Waals surface area contributed by atoms with Gasteiger partial charge in [0.05, 0.1) is 24.4 Å². The van der Waals surface area contributed by atoms with Crippen LogP contribution < -0.4 is 15.4 Å². The second kappa shape index (κ2) is 10.2. The molecule has 0 saturated heterocycles. The molecule has 2 aromatic rings. The molecule has 1 aromatic heterocycles. The second-order valence-electron chi connectivity index (χ2n) is 6.33. The minimum absolute atomic E-state index is 0.475. The zero-order chi connectivity index (χ0) is 18.9. The molecule has 0 saturated carbocycles. The molecule has 1 aromatic carbocycles. The lowest BCUT2D eigenvalue weighted by Gasteiger charge is -2.15. The molecule has 0 spiro atoms. The summed E-state index contributed by atoms with van der Waals surface area (Å²) >= 11 is 1.72. The van der Waals surface area contributed by atoms with E-state index in [1.807, 2.05) is 26.0 Å². The molecule has 0 aliphatic rings. The van der Waals surface area contributed by atoms with Crippen molar-refractivity contribution in [2.45, 2.75) is 46.6 Å². The molecule has 0 amide bonds. The molecule has 1 atom stereocenters. The number of hydrogen-bond donors (Lipinski definition) is 2. The fourth-order valence-corrected chi connectivity index (χ4v) is 3.58. The summed E-state index contributed by atoms with van der Waals surface area (Å²) in [6, 6.07) is 8.31. The standard InChI is InChI=1S/C20H30N4OS/c1-6-21-20(23-13-19-15(3)24-16(4)26-19)22-12-11-14(2)17-7-9-18(25-5)10-8-17/h7-10,14H,6,11-13H2,1-5H3,(H2,21,22,23). The van der Waals surface area contributed by atoms with Crippen molar-refractivity contribution in [2.24, 2.45) is 4.99 Å². The summed E-state index contributed by atoms with van der Waals surface area (Å²) < 4.78 is 5.22. The van der Waals surface area contributed by atoms with Crippen LogP contribution in [-0.4, -0.2) is 31.1 Å². The zero-order valence-electron chi connectivity index (χ0n) is 16.4. The van der Waals surface area contributed by atoms with E-state index in [0.29, 0.717) is 12.5 Å². The summed E-state index contributed by atoms with van der Waals surface area (Å²) in [5.41, 5.74) is 2.41. The number of aryl methyl sites for hydroxylation is 2. The lowest BCUT2D eigenvalue weighted by Crippen LogP contribution is -2.38. The number of ether oxygens (including phenoxy) is 1. The van der Waals surface area contributed by atoms with Crippen LogP contribution in [0.2, 0.25) is 0 Å². The Morgan fingerprint density at radius 1 is 1.23 bits per heavy atom. The van der Waals surface area contributed by atoms with Gasteiger partial charge in [-0.15, -0.1) is 11.3 Å².